The molecule has 1 atom stereocenters. The fourth-order valence-corrected chi connectivity index (χ4v) is 5.04. The van der Waals surface area contributed by atoms with Crippen LogP contribution in [0.4, 0.5) is 0 Å². The van der Waals surface area contributed by atoms with Crippen LogP contribution in [0.3, 0.4) is 0 Å². The number of nitrogens with zero attached hydrogens (tertiary/aromatic N) is 1. The number of fused-ring (bicyclic) bond motifs is 3. The molecular formula is C21H19BrClNO2. The molecule has 1 aliphatic carbocycles. The van der Waals surface area contributed by atoms with E-state index in [0.717, 1.165) is 34.1 Å². The lowest BCUT2D eigenvalue weighted by molar-refractivity contribution is -0.138. The van der Waals surface area contributed by atoms with Gasteiger partial charge >= 0.3 is 5.97 Å². The molecule has 0 radical (unpaired) electrons. The van der Waals surface area contributed by atoms with Gasteiger partial charge in [-0.1, -0.05) is 42.8 Å². The molecule has 1 N–H and O–H groups in total. The summed E-state index contributed by atoms with van der Waals surface area (Å²) in [5, 5.41) is 11.4. The van der Waals surface area contributed by atoms with Crippen LogP contribution >= 0.6 is 27.5 Å². The fourth-order valence-electron chi connectivity index (χ4n) is 4.33. The van der Waals surface area contributed by atoms with Crippen molar-refractivity contribution in [1.29, 1.82) is 0 Å². The van der Waals surface area contributed by atoms with Gasteiger partial charge in [-0.3, -0.25) is 4.79 Å². The summed E-state index contributed by atoms with van der Waals surface area (Å²) >= 11 is 9.73. The molecule has 0 fully saturated rings. The quantitative estimate of drug-likeness (QED) is 0.567. The molecule has 2 aromatic carbocycles. The number of benzene rings is 2. The van der Waals surface area contributed by atoms with Crippen LogP contribution in [-0.4, -0.2) is 15.6 Å². The molecule has 0 amide bonds. The Morgan fingerprint density at radius 2 is 2.00 bits per heavy atom. The maximum Gasteiger partial charge on any atom is 0.304 e. The highest BCUT2D eigenvalue weighted by Gasteiger charge is 2.41. The van der Waals surface area contributed by atoms with Crippen molar-refractivity contribution < 1.29 is 9.90 Å². The Balaban J connectivity index is 1.94. The second-order valence-electron chi connectivity index (χ2n) is 7.31. The highest BCUT2D eigenvalue weighted by atomic mass is 79.9. The van der Waals surface area contributed by atoms with Crippen LogP contribution in [0.15, 0.2) is 46.9 Å². The lowest BCUT2D eigenvalue weighted by Gasteiger charge is -2.26. The molecule has 3 aromatic rings. The Hall–Kier alpha value is -1.78. The van der Waals surface area contributed by atoms with Crippen molar-refractivity contribution in [3.05, 3.63) is 68.8 Å². The van der Waals surface area contributed by atoms with Gasteiger partial charge in [0.25, 0.3) is 0 Å². The molecule has 1 aliphatic rings. The SMILES string of the molecule is CC1(CC(=O)O)CCc2c1n(Cc1ccc(Cl)cc1)c1c(Br)cccc21. The van der Waals surface area contributed by atoms with Gasteiger partial charge in [-0.25, -0.2) is 0 Å². The first kappa shape index (κ1) is 17.6. The molecule has 1 aromatic heterocycles. The minimum Gasteiger partial charge on any atom is -0.481 e. The largest absolute Gasteiger partial charge is 0.481 e. The topological polar surface area (TPSA) is 42.2 Å². The van der Waals surface area contributed by atoms with Crippen LogP contribution < -0.4 is 0 Å². The number of rotatable bonds is 4. The number of aryl methyl sites for hydroxylation is 1. The zero-order valence-corrected chi connectivity index (χ0v) is 16.8. The second kappa shape index (κ2) is 6.43. The second-order valence-corrected chi connectivity index (χ2v) is 8.60. The van der Waals surface area contributed by atoms with Crippen LogP contribution in [0, 0.1) is 0 Å². The summed E-state index contributed by atoms with van der Waals surface area (Å²) in [6, 6.07) is 14.1. The van der Waals surface area contributed by atoms with Gasteiger partial charge < -0.3 is 9.67 Å². The molecule has 134 valence electrons. The van der Waals surface area contributed by atoms with Crippen molar-refractivity contribution in [2.45, 2.75) is 38.1 Å². The van der Waals surface area contributed by atoms with E-state index in [0.29, 0.717) is 11.6 Å². The van der Waals surface area contributed by atoms with E-state index in [2.05, 4.69) is 33.5 Å². The lowest BCUT2D eigenvalue weighted by Crippen LogP contribution is -2.26. The molecule has 0 saturated carbocycles. The predicted octanol–water partition coefficient (Wildman–Crippen LogP) is 5.78. The van der Waals surface area contributed by atoms with Crippen LogP contribution in [-0.2, 0) is 23.2 Å². The highest BCUT2D eigenvalue weighted by Crippen LogP contribution is 2.47. The van der Waals surface area contributed by atoms with Crippen molar-refractivity contribution in [3.8, 4) is 0 Å². The normalized spacial score (nSPS) is 19.0. The number of carboxylic acids is 1. The zero-order valence-electron chi connectivity index (χ0n) is 14.4. The summed E-state index contributed by atoms with van der Waals surface area (Å²) in [6.45, 7) is 2.78. The van der Waals surface area contributed by atoms with Crippen molar-refractivity contribution in [2.75, 3.05) is 0 Å². The van der Waals surface area contributed by atoms with Gasteiger partial charge in [0, 0.05) is 32.5 Å². The maximum absolute atomic E-state index is 11.5. The summed E-state index contributed by atoms with van der Waals surface area (Å²) in [7, 11) is 0. The highest BCUT2D eigenvalue weighted by molar-refractivity contribution is 9.10. The number of carbonyl (C=O) groups is 1. The summed E-state index contributed by atoms with van der Waals surface area (Å²) in [6.07, 6.45) is 1.93. The van der Waals surface area contributed by atoms with Crippen molar-refractivity contribution in [2.24, 2.45) is 0 Å². The third-order valence-corrected chi connectivity index (χ3v) is 6.32. The maximum atomic E-state index is 11.5. The Morgan fingerprint density at radius 3 is 2.69 bits per heavy atom. The molecule has 4 rings (SSSR count). The molecular weight excluding hydrogens is 414 g/mol. The number of aromatic nitrogens is 1. The average molecular weight is 433 g/mol. The first-order valence-corrected chi connectivity index (χ1v) is 9.82. The van der Waals surface area contributed by atoms with Crippen LogP contribution in [0.2, 0.25) is 5.02 Å². The van der Waals surface area contributed by atoms with Gasteiger partial charge in [0.1, 0.15) is 0 Å². The first-order chi connectivity index (χ1) is 12.4. The number of aliphatic carboxylic acids is 1. The van der Waals surface area contributed by atoms with E-state index in [1.807, 2.05) is 36.4 Å². The number of para-hydroxylation sites is 1. The number of halogens is 2. The van der Waals surface area contributed by atoms with E-state index >= 15 is 0 Å². The van der Waals surface area contributed by atoms with Gasteiger partial charge in [-0.05, 0) is 58.1 Å². The number of carboxylic acid groups (broad SMARTS) is 1. The standard InChI is InChI=1S/C21H19BrClNO2/c1-21(11-18(25)26)10-9-16-15-3-2-4-17(22)19(15)24(20(16)21)12-13-5-7-14(23)8-6-13/h2-8H,9-12H2,1H3,(H,25,26). The van der Waals surface area contributed by atoms with E-state index in [-0.39, 0.29) is 11.8 Å². The van der Waals surface area contributed by atoms with Crippen LogP contribution in [0.5, 0.6) is 0 Å². The number of hydrogen-bond donors (Lipinski definition) is 1. The Labute approximate surface area is 165 Å². The van der Waals surface area contributed by atoms with Gasteiger partial charge in [-0.2, -0.15) is 0 Å². The Kier molecular flexibility index (Phi) is 4.36. The van der Waals surface area contributed by atoms with E-state index in [4.69, 9.17) is 11.6 Å². The summed E-state index contributed by atoms with van der Waals surface area (Å²) in [5.41, 5.74) is 4.39. The summed E-state index contributed by atoms with van der Waals surface area (Å²) in [5.74, 6) is -0.747. The fraction of sp³-hybridized carbons (Fsp3) is 0.286. The van der Waals surface area contributed by atoms with Crippen molar-refractivity contribution in [1.82, 2.24) is 4.57 Å². The van der Waals surface area contributed by atoms with E-state index < -0.39 is 5.97 Å². The molecule has 0 spiro atoms. The number of hydrogen-bond acceptors (Lipinski definition) is 1. The molecule has 0 bridgehead atoms. The monoisotopic (exact) mass is 431 g/mol. The van der Waals surface area contributed by atoms with Crippen molar-refractivity contribution >= 4 is 44.4 Å². The predicted molar refractivity (Wildman–Crippen MR) is 108 cm³/mol. The zero-order chi connectivity index (χ0) is 18.5. The van der Waals surface area contributed by atoms with E-state index in [9.17, 15) is 9.90 Å². The minimum absolute atomic E-state index is 0.147. The average Bonchev–Trinajstić information content (AvgIpc) is 3.07. The van der Waals surface area contributed by atoms with Gasteiger partial charge in [-0.15, -0.1) is 0 Å². The smallest absolute Gasteiger partial charge is 0.304 e. The molecule has 0 saturated heterocycles. The molecule has 3 nitrogen and oxygen atoms in total. The molecule has 1 unspecified atom stereocenters. The molecule has 0 aliphatic heterocycles. The van der Waals surface area contributed by atoms with Gasteiger partial charge in [0.05, 0.1) is 11.9 Å². The van der Waals surface area contributed by atoms with Gasteiger partial charge in [0.15, 0.2) is 0 Å². The van der Waals surface area contributed by atoms with Crippen LogP contribution in [0.25, 0.3) is 10.9 Å². The van der Waals surface area contributed by atoms with Gasteiger partial charge in [0.2, 0.25) is 0 Å². The third-order valence-electron chi connectivity index (χ3n) is 5.43. The van der Waals surface area contributed by atoms with E-state index in [1.54, 1.807) is 0 Å². The molecule has 26 heavy (non-hydrogen) atoms. The van der Waals surface area contributed by atoms with Crippen molar-refractivity contribution in [3.63, 3.8) is 0 Å². The summed E-state index contributed by atoms with van der Waals surface area (Å²) < 4.78 is 3.34. The van der Waals surface area contributed by atoms with Crippen LogP contribution in [0.1, 0.15) is 36.6 Å². The molecule has 1 heterocycles. The lowest BCUT2D eigenvalue weighted by atomic mass is 9.84. The minimum atomic E-state index is -0.747. The van der Waals surface area contributed by atoms with E-state index in [1.165, 1.54) is 10.9 Å². The first-order valence-electron chi connectivity index (χ1n) is 8.65. The summed E-state index contributed by atoms with van der Waals surface area (Å²) in [4.78, 5) is 11.5. The third kappa shape index (κ3) is 2.85. The Morgan fingerprint density at radius 1 is 1.27 bits per heavy atom. The molecule has 5 heteroatoms. The Bertz CT molecular complexity index is 1010.